The van der Waals surface area contributed by atoms with E-state index in [-0.39, 0.29) is 12.3 Å². The van der Waals surface area contributed by atoms with Crippen molar-refractivity contribution >= 4 is 40.2 Å². The molecule has 3 aromatic carbocycles. The Morgan fingerprint density at radius 2 is 1.44 bits per heavy atom. The predicted molar refractivity (Wildman–Crippen MR) is 106 cm³/mol. The minimum Gasteiger partial charge on any atom is -0.324 e. The van der Waals surface area contributed by atoms with Crippen molar-refractivity contribution in [3.05, 3.63) is 78.9 Å². The van der Waals surface area contributed by atoms with Gasteiger partial charge in [0.15, 0.2) is 0 Å². The summed E-state index contributed by atoms with van der Waals surface area (Å²) in [6.07, 6.45) is 0.199. The van der Waals surface area contributed by atoms with Gasteiger partial charge in [0.05, 0.1) is 22.8 Å². The molecule has 0 aliphatic carbocycles. The number of nitrogens with one attached hydrogen (secondary N) is 1. The molecule has 0 spiro atoms. The van der Waals surface area contributed by atoms with Crippen molar-refractivity contribution in [2.45, 2.75) is 6.42 Å². The second-order valence-corrected chi connectivity index (χ2v) is 6.36. The van der Waals surface area contributed by atoms with E-state index in [1.54, 1.807) is 0 Å². The highest BCUT2D eigenvalue weighted by Gasteiger charge is 2.24. The van der Waals surface area contributed by atoms with Crippen LogP contribution in [-0.4, -0.2) is 10.9 Å². The van der Waals surface area contributed by atoms with Gasteiger partial charge in [0.1, 0.15) is 0 Å². The number of carbonyl (C=O) groups is 1. The molecule has 1 aliphatic rings. The number of thiocarbonyl (C=S) groups is 1. The lowest BCUT2D eigenvalue weighted by atomic mass is 10.1. The third-order valence-corrected chi connectivity index (χ3v) is 4.54. The first-order valence-electron chi connectivity index (χ1n) is 8.10. The van der Waals surface area contributed by atoms with Crippen LogP contribution in [0.2, 0.25) is 0 Å². The van der Waals surface area contributed by atoms with E-state index in [0.29, 0.717) is 4.99 Å². The Morgan fingerprint density at radius 1 is 0.800 bits per heavy atom. The second kappa shape index (κ2) is 6.49. The van der Waals surface area contributed by atoms with E-state index in [9.17, 15) is 4.79 Å². The maximum Gasteiger partial charge on any atom is 0.231 e. The van der Waals surface area contributed by atoms with E-state index < -0.39 is 0 Å². The van der Waals surface area contributed by atoms with E-state index >= 15 is 0 Å². The van der Waals surface area contributed by atoms with E-state index in [0.717, 1.165) is 22.6 Å². The fourth-order valence-corrected chi connectivity index (χ4v) is 3.37. The third kappa shape index (κ3) is 3.04. The molecule has 0 saturated heterocycles. The van der Waals surface area contributed by atoms with Crippen molar-refractivity contribution in [3.8, 4) is 11.1 Å². The molecular weight excluding hydrogens is 328 g/mol. The molecule has 0 fully saturated rings. The topological polar surface area (TPSA) is 32.3 Å². The van der Waals surface area contributed by atoms with Crippen molar-refractivity contribution in [1.29, 1.82) is 0 Å². The fourth-order valence-electron chi connectivity index (χ4n) is 3.04. The van der Waals surface area contributed by atoms with E-state index in [4.69, 9.17) is 12.2 Å². The zero-order valence-corrected chi connectivity index (χ0v) is 14.3. The summed E-state index contributed by atoms with van der Waals surface area (Å²) in [6, 6.07) is 26.2. The molecule has 1 amide bonds. The molecule has 0 saturated carbocycles. The molecule has 0 bridgehead atoms. The molecule has 1 heterocycles. The Kier molecular flexibility index (Phi) is 4.04. The largest absolute Gasteiger partial charge is 0.324 e. The normalized spacial score (nSPS) is 13.8. The van der Waals surface area contributed by atoms with E-state index in [2.05, 4.69) is 29.6 Å². The third-order valence-electron chi connectivity index (χ3n) is 4.21. The van der Waals surface area contributed by atoms with Crippen LogP contribution in [0.25, 0.3) is 11.1 Å². The number of benzene rings is 3. The number of hydrogen-bond acceptors (Lipinski definition) is 2. The summed E-state index contributed by atoms with van der Waals surface area (Å²) in [5, 5.41) is 2.92. The monoisotopic (exact) mass is 344 g/mol. The molecule has 3 aromatic rings. The van der Waals surface area contributed by atoms with Crippen molar-refractivity contribution in [3.63, 3.8) is 0 Å². The molecule has 4 rings (SSSR count). The fraction of sp³-hybridized carbons (Fsp3) is 0.0476. The first-order valence-corrected chi connectivity index (χ1v) is 8.50. The lowest BCUT2D eigenvalue weighted by Gasteiger charge is -2.24. The molecule has 25 heavy (non-hydrogen) atoms. The molecule has 0 unspecified atom stereocenters. The van der Waals surface area contributed by atoms with Gasteiger partial charge in [-0.15, -0.1) is 0 Å². The van der Waals surface area contributed by atoms with Gasteiger partial charge in [0, 0.05) is 5.69 Å². The number of rotatable bonds is 2. The van der Waals surface area contributed by atoms with Crippen molar-refractivity contribution in [1.82, 2.24) is 0 Å². The zero-order chi connectivity index (χ0) is 17.2. The highest BCUT2D eigenvalue weighted by atomic mass is 32.1. The smallest absolute Gasteiger partial charge is 0.231 e. The van der Waals surface area contributed by atoms with Crippen LogP contribution in [0.1, 0.15) is 6.42 Å². The summed E-state index contributed by atoms with van der Waals surface area (Å²) in [7, 11) is 0. The number of nitrogens with zero attached hydrogens (tertiary/aromatic N) is 1. The van der Waals surface area contributed by atoms with Crippen molar-refractivity contribution in [2.75, 3.05) is 10.2 Å². The van der Waals surface area contributed by atoms with Crippen LogP contribution in [0.3, 0.4) is 0 Å². The number of fused-ring (bicyclic) bond motifs is 1. The number of para-hydroxylation sites is 2. The maximum absolute atomic E-state index is 12.0. The number of anilines is 3. The lowest BCUT2D eigenvalue weighted by Crippen LogP contribution is -2.24. The van der Waals surface area contributed by atoms with Gasteiger partial charge in [-0.2, -0.15) is 0 Å². The van der Waals surface area contributed by atoms with Gasteiger partial charge in [0.25, 0.3) is 0 Å². The molecule has 0 radical (unpaired) electrons. The SMILES string of the molecule is O=C1CC(=S)N(c2ccc(-c3ccccc3)cc2)c2ccccc2N1. The van der Waals surface area contributed by atoms with E-state index in [1.165, 1.54) is 5.56 Å². The summed E-state index contributed by atoms with van der Waals surface area (Å²) in [4.78, 5) is 14.6. The van der Waals surface area contributed by atoms with Gasteiger partial charge in [-0.1, -0.05) is 66.8 Å². The quantitative estimate of drug-likeness (QED) is 0.652. The standard InChI is InChI=1S/C21H16N2OS/c24-20-14-21(25)23(19-9-5-4-8-18(19)22-20)17-12-10-16(11-13-17)15-6-2-1-3-7-15/h1-13H,14H2,(H,22,24). The summed E-state index contributed by atoms with van der Waals surface area (Å²) in [5.74, 6) is -0.0825. The molecule has 1 N–H and O–H groups in total. The first-order chi connectivity index (χ1) is 12.2. The highest BCUT2D eigenvalue weighted by Crippen LogP contribution is 2.36. The average molecular weight is 344 g/mol. The van der Waals surface area contributed by atoms with Crippen LogP contribution in [0, 0.1) is 0 Å². The van der Waals surface area contributed by atoms with E-state index in [1.807, 2.05) is 59.5 Å². The Bertz CT molecular complexity index is 936. The zero-order valence-electron chi connectivity index (χ0n) is 13.5. The summed E-state index contributed by atoms with van der Waals surface area (Å²) in [5.41, 5.74) is 4.94. The molecule has 122 valence electrons. The Hall–Kier alpha value is -2.98. The molecule has 1 aliphatic heterocycles. The average Bonchev–Trinajstić information content (AvgIpc) is 2.77. The minimum atomic E-state index is -0.0825. The molecule has 0 aromatic heterocycles. The number of carbonyl (C=O) groups excluding carboxylic acids is 1. The molecule has 3 nitrogen and oxygen atoms in total. The summed E-state index contributed by atoms with van der Waals surface area (Å²) < 4.78 is 0. The summed E-state index contributed by atoms with van der Waals surface area (Å²) >= 11 is 5.54. The molecular formula is C21H16N2OS. The molecule has 0 atom stereocenters. The Labute approximate surface area is 151 Å². The highest BCUT2D eigenvalue weighted by molar-refractivity contribution is 7.80. The second-order valence-electron chi connectivity index (χ2n) is 5.88. The van der Waals surface area contributed by atoms with Gasteiger partial charge in [-0.25, -0.2) is 0 Å². The van der Waals surface area contributed by atoms with Crippen LogP contribution in [0.15, 0.2) is 78.9 Å². The maximum atomic E-state index is 12.0. The van der Waals surface area contributed by atoms with Crippen LogP contribution in [0.4, 0.5) is 17.1 Å². The Morgan fingerprint density at radius 3 is 2.20 bits per heavy atom. The summed E-state index contributed by atoms with van der Waals surface area (Å²) in [6.45, 7) is 0. The van der Waals surface area contributed by atoms with Crippen molar-refractivity contribution < 1.29 is 4.79 Å². The van der Waals surface area contributed by atoms with Gasteiger partial charge >= 0.3 is 0 Å². The van der Waals surface area contributed by atoms with Crippen LogP contribution in [-0.2, 0) is 4.79 Å². The van der Waals surface area contributed by atoms with Gasteiger partial charge in [0.2, 0.25) is 5.91 Å². The Balaban J connectivity index is 1.75. The number of hydrogen-bond donors (Lipinski definition) is 1. The van der Waals surface area contributed by atoms with Crippen molar-refractivity contribution in [2.24, 2.45) is 0 Å². The van der Waals surface area contributed by atoms with Gasteiger partial charge < -0.3 is 10.2 Å². The van der Waals surface area contributed by atoms with Gasteiger partial charge in [-0.05, 0) is 35.4 Å². The predicted octanol–water partition coefficient (Wildman–Crippen LogP) is 5.16. The van der Waals surface area contributed by atoms with Crippen LogP contribution < -0.4 is 10.2 Å². The molecule has 4 heteroatoms. The minimum absolute atomic E-state index is 0.0825. The van der Waals surface area contributed by atoms with Crippen LogP contribution >= 0.6 is 12.2 Å². The lowest BCUT2D eigenvalue weighted by molar-refractivity contribution is -0.115. The number of amides is 1. The first kappa shape index (κ1) is 15.5. The van der Waals surface area contributed by atoms with Crippen LogP contribution in [0.5, 0.6) is 0 Å². The van der Waals surface area contributed by atoms with Gasteiger partial charge in [-0.3, -0.25) is 4.79 Å².